The van der Waals surface area contributed by atoms with Gasteiger partial charge in [0, 0.05) is 57.2 Å². The summed E-state index contributed by atoms with van der Waals surface area (Å²) in [5.74, 6) is 1.46. The van der Waals surface area contributed by atoms with E-state index >= 15 is 0 Å². The summed E-state index contributed by atoms with van der Waals surface area (Å²) in [6.45, 7) is 7.03. The molecule has 0 unspecified atom stereocenters. The van der Waals surface area contributed by atoms with Gasteiger partial charge in [-0.1, -0.05) is 6.07 Å². The summed E-state index contributed by atoms with van der Waals surface area (Å²) in [5, 5.41) is 0. The molecule has 0 radical (unpaired) electrons. The van der Waals surface area contributed by atoms with Crippen molar-refractivity contribution < 1.29 is 9.47 Å². The molecule has 1 saturated heterocycles. The highest BCUT2D eigenvalue weighted by molar-refractivity contribution is 5.42. The van der Waals surface area contributed by atoms with Crippen LogP contribution in [0.15, 0.2) is 36.7 Å². The first kappa shape index (κ1) is 17.6. The van der Waals surface area contributed by atoms with E-state index in [1.807, 2.05) is 18.3 Å². The number of piperazine rings is 1. The van der Waals surface area contributed by atoms with Gasteiger partial charge in [0.05, 0.1) is 19.9 Å². The van der Waals surface area contributed by atoms with Gasteiger partial charge in [-0.3, -0.25) is 19.8 Å². The Kier molecular flexibility index (Phi) is 5.83. The second kappa shape index (κ2) is 8.27. The Morgan fingerprint density at radius 1 is 1.00 bits per heavy atom. The van der Waals surface area contributed by atoms with Crippen LogP contribution in [0, 0.1) is 0 Å². The van der Waals surface area contributed by atoms with Gasteiger partial charge in [0.1, 0.15) is 5.69 Å². The summed E-state index contributed by atoms with van der Waals surface area (Å²) < 4.78 is 10.9. The fourth-order valence-electron chi connectivity index (χ4n) is 3.29. The third kappa shape index (κ3) is 4.08. The monoisotopic (exact) mass is 342 g/mol. The maximum absolute atomic E-state index is 5.49. The molecule has 1 atom stereocenters. The van der Waals surface area contributed by atoms with Gasteiger partial charge in [-0.25, -0.2) is 0 Å². The van der Waals surface area contributed by atoms with Crippen molar-refractivity contribution in [3.63, 3.8) is 0 Å². The lowest BCUT2D eigenvalue weighted by Crippen LogP contribution is -2.46. The van der Waals surface area contributed by atoms with Crippen LogP contribution in [0.5, 0.6) is 11.5 Å². The van der Waals surface area contributed by atoms with Crippen LogP contribution in [0.2, 0.25) is 0 Å². The molecular weight excluding hydrogens is 316 g/mol. The van der Waals surface area contributed by atoms with Crippen molar-refractivity contribution in [1.29, 1.82) is 0 Å². The molecule has 3 rings (SSSR count). The standard InChI is InChI=1S/C19H26N4O2/c1-15(16-6-4-5-8-20-16)23-12-10-22(11-13-23)14-17-19(25-3)18(24-2)7-9-21-17/h4-9,15H,10-14H2,1-3H3/t15-/m0/s1. The normalized spacial score (nSPS) is 17.2. The van der Waals surface area contributed by atoms with E-state index in [1.165, 1.54) is 0 Å². The summed E-state index contributed by atoms with van der Waals surface area (Å²) in [6, 6.07) is 8.28. The number of hydrogen-bond acceptors (Lipinski definition) is 6. The van der Waals surface area contributed by atoms with Crippen molar-refractivity contribution in [3.05, 3.63) is 48.0 Å². The first-order valence-corrected chi connectivity index (χ1v) is 8.66. The maximum atomic E-state index is 5.49. The molecule has 0 spiro atoms. The van der Waals surface area contributed by atoms with E-state index in [1.54, 1.807) is 20.4 Å². The average molecular weight is 342 g/mol. The molecule has 3 heterocycles. The summed E-state index contributed by atoms with van der Waals surface area (Å²) in [7, 11) is 3.31. The second-order valence-electron chi connectivity index (χ2n) is 6.24. The molecule has 1 aliphatic rings. The average Bonchev–Trinajstić information content (AvgIpc) is 2.68. The third-order valence-electron chi connectivity index (χ3n) is 4.81. The molecule has 1 fully saturated rings. The molecule has 2 aromatic rings. The third-order valence-corrected chi connectivity index (χ3v) is 4.81. The van der Waals surface area contributed by atoms with Gasteiger partial charge >= 0.3 is 0 Å². The predicted molar refractivity (Wildman–Crippen MR) is 96.8 cm³/mol. The van der Waals surface area contributed by atoms with E-state index in [9.17, 15) is 0 Å². The van der Waals surface area contributed by atoms with Crippen LogP contribution in [-0.2, 0) is 6.54 Å². The van der Waals surface area contributed by atoms with Crippen molar-refractivity contribution in [2.75, 3.05) is 40.4 Å². The van der Waals surface area contributed by atoms with E-state index < -0.39 is 0 Å². The van der Waals surface area contributed by atoms with E-state index in [2.05, 4.69) is 38.8 Å². The van der Waals surface area contributed by atoms with Gasteiger partial charge < -0.3 is 9.47 Å². The molecule has 0 amide bonds. The van der Waals surface area contributed by atoms with Crippen molar-refractivity contribution in [2.45, 2.75) is 19.5 Å². The molecule has 0 bridgehead atoms. The Labute approximate surface area is 149 Å². The number of methoxy groups -OCH3 is 2. The highest BCUT2D eigenvalue weighted by atomic mass is 16.5. The van der Waals surface area contributed by atoms with Crippen molar-refractivity contribution in [2.24, 2.45) is 0 Å². The molecule has 0 N–H and O–H groups in total. The number of nitrogens with zero attached hydrogens (tertiary/aromatic N) is 4. The topological polar surface area (TPSA) is 50.7 Å². The largest absolute Gasteiger partial charge is 0.493 e. The zero-order valence-electron chi connectivity index (χ0n) is 15.2. The molecule has 6 nitrogen and oxygen atoms in total. The van der Waals surface area contributed by atoms with E-state index in [0.717, 1.165) is 55.6 Å². The van der Waals surface area contributed by atoms with Crippen LogP contribution in [0.1, 0.15) is 24.4 Å². The van der Waals surface area contributed by atoms with Crippen LogP contribution in [0.3, 0.4) is 0 Å². The van der Waals surface area contributed by atoms with Gasteiger partial charge in [-0.2, -0.15) is 0 Å². The molecule has 25 heavy (non-hydrogen) atoms. The first-order valence-electron chi connectivity index (χ1n) is 8.66. The molecule has 6 heteroatoms. The molecule has 1 aliphatic heterocycles. The minimum absolute atomic E-state index is 0.341. The number of rotatable bonds is 6. The predicted octanol–water partition coefficient (Wildman–Crippen LogP) is 2.37. The Hall–Kier alpha value is -2.18. The summed E-state index contributed by atoms with van der Waals surface area (Å²) >= 11 is 0. The van der Waals surface area contributed by atoms with E-state index in [0.29, 0.717) is 6.04 Å². The lowest BCUT2D eigenvalue weighted by Gasteiger charge is -2.37. The fraction of sp³-hybridized carbons (Fsp3) is 0.474. The Morgan fingerprint density at radius 2 is 1.80 bits per heavy atom. The van der Waals surface area contributed by atoms with Gasteiger partial charge in [0.25, 0.3) is 0 Å². The van der Waals surface area contributed by atoms with Crippen molar-refractivity contribution >= 4 is 0 Å². The summed E-state index contributed by atoms with van der Waals surface area (Å²) in [4.78, 5) is 13.9. The quantitative estimate of drug-likeness (QED) is 0.803. The molecule has 0 saturated carbocycles. The van der Waals surface area contributed by atoms with Gasteiger partial charge in [-0.05, 0) is 19.1 Å². The summed E-state index contributed by atoms with van der Waals surface area (Å²) in [6.07, 6.45) is 3.64. The smallest absolute Gasteiger partial charge is 0.183 e. The van der Waals surface area contributed by atoms with Crippen molar-refractivity contribution in [3.8, 4) is 11.5 Å². The lowest BCUT2D eigenvalue weighted by atomic mass is 10.1. The number of aromatic nitrogens is 2. The summed E-state index contributed by atoms with van der Waals surface area (Å²) in [5.41, 5.74) is 2.06. The molecular formula is C19H26N4O2. The van der Waals surface area contributed by atoms with E-state index in [4.69, 9.17) is 9.47 Å². The SMILES string of the molecule is COc1ccnc(CN2CCN([C@@H](C)c3ccccn3)CC2)c1OC. The lowest BCUT2D eigenvalue weighted by molar-refractivity contribution is 0.0949. The van der Waals surface area contributed by atoms with Crippen LogP contribution in [-0.4, -0.2) is 60.2 Å². The fourth-order valence-corrected chi connectivity index (χ4v) is 3.29. The number of hydrogen-bond donors (Lipinski definition) is 0. The van der Waals surface area contributed by atoms with Crippen LogP contribution < -0.4 is 9.47 Å². The second-order valence-corrected chi connectivity index (χ2v) is 6.24. The number of pyridine rings is 2. The highest BCUT2D eigenvalue weighted by Crippen LogP contribution is 2.30. The highest BCUT2D eigenvalue weighted by Gasteiger charge is 2.24. The van der Waals surface area contributed by atoms with Crippen LogP contribution in [0.4, 0.5) is 0 Å². The Balaban J connectivity index is 1.60. The minimum atomic E-state index is 0.341. The zero-order chi connectivity index (χ0) is 17.6. The van der Waals surface area contributed by atoms with Gasteiger partial charge in [-0.15, -0.1) is 0 Å². The van der Waals surface area contributed by atoms with Gasteiger partial charge in [0.15, 0.2) is 11.5 Å². The van der Waals surface area contributed by atoms with Crippen LogP contribution >= 0.6 is 0 Å². The van der Waals surface area contributed by atoms with Crippen LogP contribution in [0.25, 0.3) is 0 Å². The zero-order valence-corrected chi connectivity index (χ0v) is 15.2. The molecule has 0 aromatic carbocycles. The number of ether oxygens (including phenoxy) is 2. The Bertz CT molecular complexity index is 672. The van der Waals surface area contributed by atoms with Gasteiger partial charge in [0.2, 0.25) is 0 Å². The molecule has 2 aromatic heterocycles. The van der Waals surface area contributed by atoms with E-state index in [-0.39, 0.29) is 0 Å². The Morgan fingerprint density at radius 3 is 2.44 bits per heavy atom. The first-order chi connectivity index (χ1) is 12.2. The molecule has 0 aliphatic carbocycles. The van der Waals surface area contributed by atoms with Crippen molar-refractivity contribution in [1.82, 2.24) is 19.8 Å². The minimum Gasteiger partial charge on any atom is -0.493 e. The maximum Gasteiger partial charge on any atom is 0.183 e. The molecule has 134 valence electrons.